The molecule has 1 atom stereocenters. The van der Waals surface area contributed by atoms with Gasteiger partial charge in [-0.3, -0.25) is 0 Å². The van der Waals surface area contributed by atoms with E-state index < -0.39 is 0 Å². The van der Waals surface area contributed by atoms with E-state index in [0.717, 1.165) is 12.2 Å². The summed E-state index contributed by atoms with van der Waals surface area (Å²) in [6.45, 7) is 2.16. The van der Waals surface area contributed by atoms with Gasteiger partial charge in [-0.2, -0.15) is 4.98 Å². The SMILES string of the molecule is CCC(Nc1ccnc(NC)n1)c1ccccc1. The lowest BCUT2D eigenvalue weighted by molar-refractivity contribution is 0.744. The molecule has 0 aliphatic heterocycles. The van der Waals surface area contributed by atoms with Gasteiger partial charge in [-0.15, -0.1) is 0 Å². The molecule has 94 valence electrons. The lowest BCUT2D eigenvalue weighted by Crippen LogP contribution is -2.11. The molecule has 1 heterocycles. The van der Waals surface area contributed by atoms with Crippen molar-refractivity contribution in [3.63, 3.8) is 0 Å². The molecule has 0 radical (unpaired) electrons. The van der Waals surface area contributed by atoms with Crippen LogP contribution in [0.1, 0.15) is 24.9 Å². The summed E-state index contributed by atoms with van der Waals surface area (Å²) in [5.41, 5.74) is 1.27. The molecule has 2 N–H and O–H groups in total. The first-order valence-corrected chi connectivity index (χ1v) is 6.15. The predicted octanol–water partition coefficient (Wildman–Crippen LogP) is 3.08. The van der Waals surface area contributed by atoms with Crippen LogP contribution in [-0.4, -0.2) is 17.0 Å². The first kappa shape index (κ1) is 12.4. The molecule has 1 aromatic carbocycles. The van der Waals surface area contributed by atoms with Crippen LogP contribution in [0.5, 0.6) is 0 Å². The third kappa shape index (κ3) is 2.97. The van der Waals surface area contributed by atoms with E-state index in [-0.39, 0.29) is 6.04 Å². The molecule has 0 saturated heterocycles. The zero-order valence-electron chi connectivity index (χ0n) is 10.7. The van der Waals surface area contributed by atoms with E-state index in [1.807, 2.05) is 19.2 Å². The molecule has 0 aliphatic rings. The van der Waals surface area contributed by atoms with Crippen LogP contribution in [0.25, 0.3) is 0 Å². The van der Waals surface area contributed by atoms with Crippen molar-refractivity contribution < 1.29 is 0 Å². The highest BCUT2D eigenvalue weighted by Crippen LogP contribution is 2.21. The van der Waals surface area contributed by atoms with Crippen LogP contribution in [-0.2, 0) is 0 Å². The van der Waals surface area contributed by atoms with Gasteiger partial charge in [-0.05, 0) is 18.1 Å². The van der Waals surface area contributed by atoms with Crippen LogP contribution in [0.15, 0.2) is 42.6 Å². The molecule has 2 aromatic rings. The molecule has 4 heteroatoms. The fourth-order valence-corrected chi connectivity index (χ4v) is 1.84. The molecule has 0 aliphatic carbocycles. The highest BCUT2D eigenvalue weighted by atomic mass is 15.1. The molecule has 0 bridgehead atoms. The Morgan fingerprint density at radius 3 is 2.61 bits per heavy atom. The van der Waals surface area contributed by atoms with Gasteiger partial charge in [0, 0.05) is 13.2 Å². The van der Waals surface area contributed by atoms with Gasteiger partial charge in [0.15, 0.2) is 0 Å². The van der Waals surface area contributed by atoms with Crippen molar-refractivity contribution in [2.24, 2.45) is 0 Å². The van der Waals surface area contributed by atoms with Crippen molar-refractivity contribution in [3.8, 4) is 0 Å². The Bertz CT molecular complexity index is 484. The largest absolute Gasteiger partial charge is 0.363 e. The molecule has 0 amide bonds. The zero-order valence-corrected chi connectivity index (χ0v) is 10.7. The quantitative estimate of drug-likeness (QED) is 0.846. The maximum atomic E-state index is 4.37. The van der Waals surface area contributed by atoms with Gasteiger partial charge in [0.25, 0.3) is 0 Å². The Labute approximate surface area is 107 Å². The van der Waals surface area contributed by atoms with E-state index in [0.29, 0.717) is 5.95 Å². The van der Waals surface area contributed by atoms with Crippen LogP contribution in [0, 0.1) is 0 Å². The van der Waals surface area contributed by atoms with Crippen molar-refractivity contribution in [3.05, 3.63) is 48.2 Å². The Kier molecular flexibility index (Phi) is 4.12. The topological polar surface area (TPSA) is 49.8 Å². The number of nitrogens with zero attached hydrogens (tertiary/aromatic N) is 2. The monoisotopic (exact) mass is 242 g/mol. The minimum Gasteiger partial charge on any atom is -0.363 e. The Morgan fingerprint density at radius 2 is 1.94 bits per heavy atom. The van der Waals surface area contributed by atoms with Crippen LogP contribution in [0.3, 0.4) is 0 Å². The van der Waals surface area contributed by atoms with E-state index in [2.05, 4.69) is 51.8 Å². The molecule has 2 rings (SSSR count). The number of anilines is 2. The van der Waals surface area contributed by atoms with Crippen molar-refractivity contribution >= 4 is 11.8 Å². The lowest BCUT2D eigenvalue weighted by atomic mass is 10.0. The summed E-state index contributed by atoms with van der Waals surface area (Å²) in [5.74, 6) is 1.47. The minimum atomic E-state index is 0.269. The summed E-state index contributed by atoms with van der Waals surface area (Å²) < 4.78 is 0. The number of rotatable bonds is 5. The van der Waals surface area contributed by atoms with Gasteiger partial charge in [0.1, 0.15) is 5.82 Å². The van der Waals surface area contributed by atoms with Crippen molar-refractivity contribution in [1.29, 1.82) is 0 Å². The maximum Gasteiger partial charge on any atom is 0.224 e. The van der Waals surface area contributed by atoms with Gasteiger partial charge in [0.2, 0.25) is 5.95 Å². The standard InChI is InChI=1S/C14H18N4/c1-3-12(11-7-5-4-6-8-11)17-13-9-10-16-14(15-2)18-13/h4-10,12H,3H2,1-2H3,(H2,15,16,17,18). The highest BCUT2D eigenvalue weighted by molar-refractivity contribution is 5.41. The predicted molar refractivity (Wildman–Crippen MR) is 74.7 cm³/mol. The summed E-state index contributed by atoms with van der Waals surface area (Å²) in [5, 5.41) is 6.36. The van der Waals surface area contributed by atoms with Gasteiger partial charge in [-0.1, -0.05) is 37.3 Å². The first-order valence-electron chi connectivity index (χ1n) is 6.15. The number of benzene rings is 1. The Balaban J connectivity index is 2.15. The van der Waals surface area contributed by atoms with Crippen LogP contribution in [0.2, 0.25) is 0 Å². The van der Waals surface area contributed by atoms with Crippen molar-refractivity contribution in [2.75, 3.05) is 17.7 Å². The van der Waals surface area contributed by atoms with E-state index in [4.69, 9.17) is 0 Å². The number of aromatic nitrogens is 2. The first-order chi connectivity index (χ1) is 8.83. The average Bonchev–Trinajstić information content (AvgIpc) is 2.46. The van der Waals surface area contributed by atoms with E-state index in [9.17, 15) is 0 Å². The Hall–Kier alpha value is -2.10. The van der Waals surface area contributed by atoms with Gasteiger partial charge in [-0.25, -0.2) is 4.98 Å². The third-order valence-electron chi connectivity index (χ3n) is 2.81. The van der Waals surface area contributed by atoms with Crippen LogP contribution >= 0.6 is 0 Å². The summed E-state index contributed by atoms with van der Waals surface area (Å²) in [4.78, 5) is 8.47. The van der Waals surface area contributed by atoms with Gasteiger partial charge in [0.05, 0.1) is 6.04 Å². The molecular formula is C14H18N4. The molecule has 1 unspecified atom stereocenters. The fraction of sp³-hybridized carbons (Fsp3) is 0.286. The fourth-order valence-electron chi connectivity index (χ4n) is 1.84. The second-order valence-electron chi connectivity index (χ2n) is 4.03. The van der Waals surface area contributed by atoms with Gasteiger partial charge >= 0.3 is 0 Å². The highest BCUT2D eigenvalue weighted by Gasteiger charge is 2.09. The van der Waals surface area contributed by atoms with E-state index >= 15 is 0 Å². The molecule has 0 fully saturated rings. The molecular weight excluding hydrogens is 224 g/mol. The van der Waals surface area contributed by atoms with E-state index in [1.165, 1.54) is 5.56 Å². The number of hydrogen-bond acceptors (Lipinski definition) is 4. The normalized spacial score (nSPS) is 11.9. The van der Waals surface area contributed by atoms with Crippen LogP contribution in [0.4, 0.5) is 11.8 Å². The van der Waals surface area contributed by atoms with Crippen molar-refractivity contribution in [1.82, 2.24) is 9.97 Å². The summed E-state index contributed by atoms with van der Waals surface area (Å²) in [6.07, 6.45) is 2.75. The smallest absolute Gasteiger partial charge is 0.224 e. The average molecular weight is 242 g/mol. The maximum absolute atomic E-state index is 4.37. The van der Waals surface area contributed by atoms with Gasteiger partial charge < -0.3 is 10.6 Å². The molecule has 0 spiro atoms. The number of nitrogens with one attached hydrogen (secondary N) is 2. The van der Waals surface area contributed by atoms with E-state index in [1.54, 1.807) is 6.20 Å². The second kappa shape index (κ2) is 6.00. The molecule has 1 aromatic heterocycles. The molecule has 0 saturated carbocycles. The van der Waals surface area contributed by atoms with Crippen molar-refractivity contribution in [2.45, 2.75) is 19.4 Å². The summed E-state index contributed by atoms with van der Waals surface area (Å²) in [6, 6.07) is 12.5. The Morgan fingerprint density at radius 1 is 1.17 bits per heavy atom. The summed E-state index contributed by atoms with van der Waals surface area (Å²) in [7, 11) is 1.81. The third-order valence-corrected chi connectivity index (χ3v) is 2.81. The minimum absolute atomic E-state index is 0.269. The molecule has 4 nitrogen and oxygen atoms in total. The zero-order chi connectivity index (χ0) is 12.8. The van der Waals surface area contributed by atoms with Crippen LogP contribution < -0.4 is 10.6 Å². The molecule has 18 heavy (non-hydrogen) atoms. The summed E-state index contributed by atoms with van der Waals surface area (Å²) >= 11 is 0. The second-order valence-corrected chi connectivity index (χ2v) is 4.03. The lowest BCUT2D eigenvalue weighted by Gasteiger charge is -2.18. The number of hydrogen-bond donors (Lipinski definition) is 2.